The predicted octanol–water partition coefficient (Wildman–Crippen LogP) is 4.40. The SMILES string of the molecule is CCSc1ccccc1NC(CC)CC. The van der Waals surface area contributed by atoms with Crippen molar-refractivity contribution in [3.05, 3.63) is 24.3 Å². The molecule has 0 spiro atoms. The molecule has 2 heteroatoms. The van der Waals surface area contributed by atoms with E-state index >= 15 is 0 Å². The summed E-state index contributed by atoms with van der Waals surface area (Å²) in [7, 11) is 0. The summed E-state index contributed by atoms with van der Waals surface area (Å²) in [5.74, 6) is 1.13. The highest BCUT2D eigenvalue weighted by Crippen LogP contribution is 2.27. The van der Waals surface area contributed by atoms with Crippen LogP contribution in [0.4, 0.5) is 5.69 Å². The Bertz CT molecular complexity index is 282. The van der Waals surface area contributed by atoms with E-state index in [2.05, 4.69) is 50.4 Å². The zero-order valence-electron chi connectivity index (χ0n) is 9.92. The van der Waals surface area contributed by atoms with Crippen LogP contribution in [0.25, 0.3) is 0 Å². The van der Waals surface area contributed by atoms with Gasteiger partial charge in [-0.25, -0.2) is 0 Å². The van der Waals surface area contributed by atoms with Crippen LogP contribution in [0.2, 0.25) is 0 Å². The normalized spacial score (nSPS) is 10.7. The molecule has 0 atom stereocenters. The van der Waals surface area contributed by atoms with E-state index in [1.807, 2.05) is 11.8 Å². The summed E-state index contributed by atoms with van der Waals surface area (Å²) in [6.07, 6.45) is 2.36. The second kappa shape index (κ2) is 6.78. The Morgan fingerprint density at radius 1 is 1.13 bits per heavy atom. The first kappa shape index (κ1) is 12.4. The summed E-state index contributed by atoms with van der Waals surface area (Å²) >= 11 is 1.90. The smallest absolute Gasteiger partial charge is 0.0480 e. The molecule has 1 N–H and O–H groups in total. The Morgan fingerprint density at radius 3 is 2.40 bits per heavy atom. The average molecular weight is 223 g/mol. The molecule has 1 aromatic rings. The van der Waals surface area contributed by atoms with Crippen molar-refractivity contribution in [2.75, 3.05) is 11.1 Å². The zero-order chi connectivity index (χ0) is 11.1. The Kier molecular flexibility index (Phi) is 5.62. The average Bonchev–Trinajstić information content (AvgIpc) is 2.28. The van der Waals surface area contributed by atoms with Gasteiger partial charge in [-0.05, 0) is 30.7 Å². The first-order valence-corrected chi connectivity index (χ1v) is 6.78. The lowest BCUT2D eigenvalue weighted by atomic mass is 10.1. The van der Waals surface area contributed by atoms with Crippen LogP contribution in [0.3, 0.4) is 0 Å². The van der Waals surface area contributed by atoms with Gasteiger partial charge in [0.15, 0.2) is 0 Å². The van der Waals surface area contributed by atoms with Gasteiger partial charge in [0.2, 0.25) is 0 Å². The highest BCUT2D eigenvalue weighted by molar-refractivity contribution is 7.99. The van der Waals surface area contributed by atoms with E-state index in [4.69, 9.17) is 0 Å². The molecule has 0 aromatic heterocycles. The van der Waals surface area contributed by atoms with E-state index in [-0.39, 0.29) is 0 Å². The molecular weight excluding hydrogens is 202 g/mol. The molecule has 0 heterocycles. The zero-order valence-corrected chi connectivity index (χ0v) is 10.7. The van der Waals surface area contributed by atoms with Gasteiger partial charge < -0.3 is 5.32 Å². The minimum atomic E-state index is 0.601. The molecule has 0 amide bonds. The molecule has 0 aliphatic carbocycles. The molecule has 0 saturated carbocycles. The molecule has 0 radical (unpaired) electrons. The van der Waals surface area contributed by atoms with Crippen molar-refractivity contribution in [3.8, 4) is 0 Å². The number of hydrogen-bond acceptors (Lipinski definition) is 2. The van der Waals surface area contributed by atoms with Gasteiger partial charge in [-0.2, -0.15) is 0 Å². The van der Waals surface area contributed by atoms with Crippen molar-refractivity contribution in [3.63, 3.8) is 0 Å². The first-order chi connectivity index (χ1) is 7.31. The molecule has 84 valence electrons. The van der Waals surface area contributed by atoms with Crippen molar-refractivity contribution >= 4 is 17.4 Å². The molecule has 1 nitrogen and oxygen atoms in total. The minimum Gasteiger partial charge on any atom is -0.381 e. The molecule has 0 saturated heterocycles. The summed E-state index contributed by atoms with van der Waals surface area (Å²) < 4.78 is 0. The maximum absolute atomic E-state index is 3.61. The molecule has 0 bridgehead atoms. The van der Waals surface area contributed by atoms with E-state index < -0.39 is 0 Å². The van der Waals surface area contributed by atoms with Crippen LogP contribution in [0.15, 0.2) is 29.2 Å². The van der Waals surface area contributed by atoms with E-state index in [0.29, 0.717) is 6.04 Å². The number of benzene rings is 1. The Hall–Kier alpha value is -0.630. The van der Waals surface area contributed by atoms with Crippen molar-refractivity contribution in [1.82, 2.24) is 0 Å². The minimum absolute atomic E-state index is 0.601. The van der Waals surface area contributed by atoms with Gasteiger partial charge >= 0.3 is 0 Å². The lowest BCUT2D eigenvalue weighted by Gasteiger charge is -2.18. The molecule has 1 rings (SSSR count). The third-order valence-corrected chi connectivity index (χ3v) is 3.49. The molecular formula is C13H21NS. The molecule has 15 heavy (non-hydrogen) atoms. The van der Waals surface area contributed by atoms with E-state index in [1.54, 1.807) is 0 Å². The second-order valence-electron chi connectivity index (χ2n) is 3.59. The third-order valence-electron chi connectivity index (χ3n) is 2.53. The Balaban J connectivity index is 2.73. The van der Waals surface area contributed by atoms with Gasteiger partial charge in [0, 0.05) is 16.6 Å². The lowest BCUT2D eigenvalue weighted by Crippen LogP contribution is -2.17. The van der Waals surface area contributed by atoms with Crippen molar-refractivity contribution in [2.24, 2.45) is 0 Å². The number of anilines is 1. The van der Waals surface area contributed by atoms with Crippen LogP contribution in [0.1, 0.15) is 33.6 Å². The van der Waals surface area contributed by atoms with Crippen molar-refractivity contribution in [2.45, 2.75) is 44.6 Å². The standard InChI is InChI=1S/C13H21NS/c1-4-11(5-2)14-12-9-7-8-10-13(12)15-6-3/h7-11,14H,4-6H2,1-3H3. The van der Waals surface area contributed by atoms with Crippen LogP contribution in [-0.2, 0) is 0 Å². The largest absolute Gasteiger partial charge is 0.381 e. The van der Waals surface area contributed by atoms with Gasteiger partial charge in [-0.1, -0.05) is 32.9 Å². The van der Waals surface area contributed by atoms with Crippen LogP contribution in [0.5, 0.6) is 0 Å². The van der Waals surface area contributed by atoms with Gasteiger partial charge in [-0.15, -0.1) is 11.8 Å². The summed E-state index contributed by atoms with van der Waals surface area (Å²) in [6.45, 7) is 6.66. The Labute approximate surface area is 97.7 Å². The first-order valence-electron chi connectivity index (χ1n) is 5.80. The van der Waals surface area contributed by atoms with Gasteiger partial charge in [0.05, 0.1) is 0 Å². The fourth-order valence-electron chi connectivity index (χ4n) is 1.58. The maximum Gasteiger partial charge on any atom is 0.0480 e. The number of hydrogen-bond donors (Lipinski definition) is 1. The highest BCUT2D eigenvalue weighted by Gasteiger charge is 2.06. The molecule has 1 aromatic carbocycles. The van der Waals surface area contributed by atoms with E-state index in [1.165, 1.54) is 23.4 Å². The van der Waals surface area contributed by atoms with Crippen LogP contribution < -0.4 is 5.32 Å². The number of thioether (sulfide) groups is 1. The molecule has 0 unspecified atom stereocenters. The second-order valence-corrected chi connectivity index (χ2v) is 4.89. The maximum atomic E-state index is 3.61. The summed E-state index contributed by atoms with van der Waals surface area (Å²) in [5, 5.41) is 3.61. The lowest BCUT2D eigenvalue weighted by molar-refractivity contribution is 0.670. The summed E-state index contributed by atoms with van der Waals surface area (Å²) in [5.41, 5.74) is 1.29. The third kappa shape index (κ3) is 3.78. The Morgan fingerprint density at radius 2 is 1.80 bits per heavy atom. The topological polar surface area (TPSA) is 12.0 Å². The van der Waals surface area contributed by atoms with Crippen molar-refractivity contribution < 1.29 is 0 Å². The summed E-state index contributed by atoms with van der Waals surface area (Å²) in [6, 6.07) is 9.18. The van der Waals surface area contributed by atoms with Crippen LogP contribution >= 0.6 is 11.8 Å². The molecule has 0 aliphatic heterocycles. The fraction of sp³-hybridized carbons (Fsp3) is 0.538. The van der Waals surface area contributed by atoms with Gasteiger partial charge in [0.1, 0.15) is 0 Å². The number of nitrogens with one attached hydrogen (secondary N) is 1. The fourth-order valence-corrected chi connectivity index (χ4v) is 2.35. The van der Waals surface area contributed by atoms with E-state index in [9.17, 15) is 0 Å². The van der Waals surface area contributed by atoms with Gasteiger partial charge in [0.25, 0.3) is 0 Å². The van der Waals surface area contributed by atoms with Crippen molar-refractivity contribution in [1.29, 1.82) is 0 Å². The van der Waals surface area contributed by atoms with Gasteiger partial charge in [-0.3, -0.25) is 0 Å². The number of para-hydroxylation sites is 1. The van der Waals surface area contributed by atoms with Crippen LogP contribution in [0, 0.1) is 0 Å². The number of rotatable bonds is 6. The highest BCUT2D eigenvalue weighted by atomic mass is 32.2. The molecule has 0 fully saturated rings. The molecule has 0 aliphatic rings. The van der Waals surface area contributed by atoms with Crippen LogP contribution in [-0.4, -0.2) is 11.8 Å². The summed E-state index contributed by atoms with van der Waals surface area (Å²) in [4.78, 5) is 1.37. The predicted molar refractivity (Wildman–Crippen MR) is 70.8 cm³/mol. The monoisotopic (exact) mass is 223 g/mol. The quantitative estimate of drug-likeness (QED) is 0.717. The van der Waals surface area contributed by atoms with E-state index in [0.717, 1.165) is 5.75 Å².